The van der Waals surface area contributed by atoms with Gasteiger partial charge in [-0.15, -0.1) is 11.3 Å². The smallest absolute Gasteiger partial charge is 0.408 e. The van der Waals surface area contributed by atoms with Crippen LogP contribution in [-0.4, -0.2) is 22.7 Å². The van der Waals surface area contributed by atoms with Crippen LogP contribution in [0.25, 0.3) is 15.8 Å². The van der Waals surface area contributed by atoms with E-state index in [9.17, 15) is 4.79 Å². The minimum absolute atomic E-state index is 0.00727. The van der Waals surface area contributed by atoms with Crippen LogP contribution in [0.3, 0.4) is 0 Å². The van der Waals surface area contributed by atoms with Crippen molar-refractivity contribution in [1.29, 1.82) is 0 Å². The van der Waals surface area contributed by atoms with E-state index in [4.69, 9.17) is 4.74 Å². The molecule has 0 fully saturated rings. The summed E-state index contributed by atoms with van der Waals surface area (Å²) in [5.74, 6) is 0. The van der Waals surface area contributed by atoms with E-state index in [2.05, 4.69) is 27.8 Å². The van der Waals surface area contributed by atoms with Gasteiger partial charge >= 0.3 is 6.09 Å². The summed E-state index contributed by atoms with van der Waals surface area (Å²) in [6.45, 7) is 5.61. The summed E-state index contributed by atoms with van der Waals surface area (Å²) in [5.41, 5.74) is 1.86. The lowest BCUT2D eigenvalue weighted by Crippen LogP contribution is -2.38. The number of amides is 1. The second-order valence-corrected chi connectivity index (χ2v) is 7.30. The lowest BCUT2D eigenvalue weighted by atomic mass is 10.0. The van der Waals surface area contributed by atoms with Crippen molar-refractivity contribution in [3.05, 3.63) is 35.3 Å². The highest BCUT2D eigenvalue weighted by Gasteiger charge is 2.26. The lowest BCUT2D eigenvalue weighted by Gasteiger charge is -2.23. The number of rotatable bonds is 2. The molecule has 0 saturated carbocycles. The molecule has 116 valence electrons. The van der Waals surface area contributed by atoms with Crippen molar-refractivity contribution in [2.24, 2.45) is 0 Å². The molecule has 1 unspecified atom stereocenters. The first-order valence-electron chi connectivity index (χ1n) is 7.46. The Morgan fingerprint density at radius 3 is 3.05 bits per heavy atom. The van der Waals surface area contributed by atoms with Crippen molar-refractivity contribution < 1.29 is 9.53 Å². The molecule has 1 aliphatic carbocycles. The topological polar surface area (TPSA) is 51.2 Å². The number of ether oxygens (including phenoxy) is 1. The van der Waals surface area contributed by atoms with Gasteiger partial charge in [-0.3, -0.25) is 0 Å². The summed E-state index contributed by atoms with van der Waals surface area (Å²) >= 11 is 1.64. The van der Waals surface area contributed by atoms with E-state index in [1.165, 1.54) is 11.1 Å². The Kier molecular flexibility index (Phi) is 3.91. The van der Waals surface area contributed by atoms with Crippen LogP contribution >= 0.6 is 11.3 Å². The van der Waals surface area contributed by atoms with E-state index >= 15 is 0 Å². The molecule has 2 aromatic rings. The van der Waals surface area contributed by atoms with Gasteiger partial charge in [0.25, 0.3) is 0 Å². The molecular weight excluding hydrogens is 296 g/mol. The van der Waals surface area contributed by atoms with Gasteiger partial charge in [0.2, 0.25) is 0 Å². The first kappa shape index (κ1) is 15.0. The number of hydrogen-bond acceptors (Lipinski definition) is 4. The van der Waals surface area contributed by atoms with Gasteiger partial charge in [0.1, 0.15) is 10.4 Å². The number of alkyl carbamates (subject to hydrolysis) is 1. The number of aromatic nitrogens is 1. The molecular formula is C17H20N2O2S. The molecule has 0 spiro atoms. The first-order valence-corrected chi connectivity index (χ1v) is 8.34. The monoisotopic (exact) mass is 316 g/mol. The third-order valence-electron chi connectivity index (χ3n) is 3.55. The van der Waals surface area contributed by atoms with E-state index in [1.807, 2.05) is 33.0 Å². The van der Waals surface area contributed by atoms with Crippen LogP contribution in [0.5, 0.6) is 0 Å². The third-order valence-corrected chi connectivity index (χ3v) is 4.45. The maximum absolute atomic E-state index is 12.0. The van der Waals surface area contributed by atoms with Gasteiger partial charge in [-0.2, -0.15) is 0 Å². The Labute approximate surface area is 134 Å². The first-order chi connectivity index (χ1) is 10.4. The van der Waals surface area contributed by atoms with Gasteiger partial charge in [-0.25, -0.2) is 9.78 Å². The zero-order chi connectivity index (χ0) is 15.7. The molecule has 2 aromatic heterocycles. The Morgan fingerprint density at radius 1 is 1.45 bits per heavy atom. The zero-order valence-electron chi connectivity index (χ0n) is 13.1. The quantitative estimate of drug-likeness (QED) is 0.895. The second-order valence-electron chi connectivity index (χ2n) is 6.44. The summed E-state index contributed by atoms with van der Waals surface area (Å²) in [6, 6.07) is 4.04. The fourth-order valence-corrected chi connectivity index (χ4v) is 3.61. The summed E-state index contributed by atoms with van der Waals surface area (Å²) in [5, 5.41) is 6.27. The van der Waals surface area contributed by atoms with Crippen molar-refractivity contribution in [1.82, 2.24) is 10.3 Å². The van der Waals surface area contributed by atoms with Gasteiger partial charge in [0.05, 0.1) is 6.04 Å². The van der Waals surface area contributed by atoms with Crippen molar-refractivity contribution in [3.63, 3.8) is 0 Å². The van der Waals surface area contributed by atoms with Gasteiger partial charge in [0, 0.05) is 17.0 Å². The van der Waals surface area contributed by atoms with Gasteiger partial charge in [-0.05, 0) is 56.9 Å². The van der Waals surface area contributed by atoms with Crippen molar-refractivity contribution in [3.8, 4) is 0 Å². The van der Waals surface area contributed by atoms with Crippen molar-refractivity contribution in [2.45, 2.75) is 45.3 Å². The van der Waals surface area contributed by atoms with Crippen molar-refractivity contribution in [2.75, 3.05) is 0 Å². The van der Waals surface area contributed by atoms with Gasteiger partial charge in [-0.1, -0.05) is 6.08 Å². The maximum Gasteiger partial charge on any atom is 0.408 e. The molecule has 1 aliphatic rings. The number of allylic oxidation sites excluding steroid dienone is 1. The molecule has 0 radical (unpaired) electrons. The number of carbonyl (C=O) groups is 1. The molecule has 1 N–H and O–H groups in total. The molecule has 22 heavy (non-hydrogen) atoms. The van der Waals surface area contributed by atoms with Gasteiger partial charge < -0.3 is 10.1 Å². The zero-order valence-corrected chi connectivity index (χ0v) is 13.9. The number of hydrogen-bond donors (Lipinski definition) is 1. The molecule has 0 aromatic carbocycles. The Hall–Kier alpha value is -1.88. The van der Waals surface area contributed by atoms with Crippen LogP contribution in [0.4, 0.5) is 4.79 Å². The van der Waals surface area contributed by atoms with E-state index < -0.39 is 5.60 Å². The molecule has 1 atom stereocenters. The summed E-state index contributed by atoms with van der Waals surface area (Å²) in [6.07, 6.45) is 5.53. The predicted molar refractivity (Wildman–Crippen MR) is 90.0 cm³/mol. The molecule has 0 bridgehead atoms. The van der Waals surface area contributed by atoms with E-state index in [0.717, 1.165) is 23.1 Å². The number of nitrogens with zero attached hydrogens (tertiary/aromatic N) is 1. The average Bonchev–Trinajstić information content (AvgIpc) is 3.02. The largest absolute Gasteiger partial charge is 0.444 e. The molecule has 1 amide bonds. The van der Waals surface area contributed by atoms with Crippen LogP contribution in [0, 0.1) is 0 Å². The second kappa shape index (κ2) is 5.72. The number of nitrogens with one attached hydrogen (secondary N) is 1. The lowest BCUT2D eigenvalue weighted by molar-refractivity contribution is 0.0516. The molecule has 0 saturated heterocycles. The van der Waals surface area contributed by atoms with Crippen LogP contribution in [0.1, 0.15) is 39.2 Å². The van der Waals surface area contributed by atoms with E-state index in [-0.39, 0.29) is 12.1 Å². The minimum Gasteiger partial charge on any atom is -0.444 e. The van der Waals surface area contributed by atoms with Crippen LogP contribution in [-0.2, 0) is 4.74 Å². The standard InChI is InChI=1S/C17H20N2O2S/c1-17(2,3)21-16(20)19-14-8-4-6-11(14)13-10-22-15-12(13)7-5-9-18-15/h5-7,9-10,14H,4,8H2,1-3H3,(H,19,20). The maximum atomic E-state index is 12.0. The van der Waals surface area contributed by atoms with E-state index in [0.29, 0.717) is 0 Å². The highest BCUT2D eigenvalue weighted by Crippen LogP contribution is 2.35. The SMILES string of the molecule is CC(C)(C)OC(=O)NC1CCC=C1c1csc2ncccc12. The Morgan fingerprint density at radius 2 is 2.27 bits per heavy atom. The summed E-state index contributed by atoms with van der Waals surface area (Å²) in [4.78, 5) is 17.4. The van der Waals surface area contributed by atoms with Crippen LogP contribution in [0.2, 0.25) is 0 Å². The highest BCUT2D eigenvalue weighted by atomic mass is 32.1. The predicted octanol–water partition coefficient (Wildman–Crippen LogP) is 4.37. The minimum atomic E-state index is -0.481. The number of carbonyl (C=O) groups excluding carboxylic acids is 1. The summed E-state index contributed by atoms with van der Waals surface area (Å²) in [7, 11) is 0. The summed E-state index contributed by atoms with van der Waals surface area (Å²) < 4.78 is 5.37. The Bertz CT molecular complexity index is 728. The molecule has 4 nitrogen and oxygen atoms in total. The van der Waals surface area contributed by atoms with E-state index in [1.54, 1.807) is 11.3 Å². The normalized spacial score (nSPS) is 18.3. The number of fused-ring (bicyclic) bond motifs is 1. The fourth-order valence-electron chi connectivity index (χ4n) is 2.69. The molecule has 2 heterocycles. The number of pyridine rings is 1. The Balaban J connectivity index is 1.80. The molecule has 3 rings (SSSR count). The third kappa shape index (κ3) is 3.14. The molecule has 0 aliphatic heterocycles. The number of thiophene rings is 1. The van der Waals surface area contributed by atoms with Gasteiger partial charge in [0.15, 0.2) is 0 Å². The van der Waals surface area contributed by atoms with Crippen LogP contribution < -0.4 is 5.32 Å². The van der Waals surface area contributed by atoms with Crippen molar-refractivity contribution >= 4 is 33.2 Å². The fraction of sp³-hybridized carbons (Fsp3) is 0.412. The average molecular weight is 316 g/mol. The van der Waals surface area contributed by atoms with Crippen LogP contribution in [0.15, 0.2) is 29.8 Å². The highest BCUT2D eigenvalue weighted by molar-refractivity contribution is 7.17. The molecule has 5 heteroatoms.